The lowest BCUT2D eigenvalue weighted by atomic mass is 9.64. The third kappa shape index (κ3) is 16.1. The molecular formula is C102H84O15. The fraction of sp³-hybridized carbons (Fsp3) is 0.167. The van der Waals surface area contributed by atoms with E-state index in [2.05, 4.69) is 188 Å². The van der Waals surface area contributed by atoms with E-state index in [0.29, 0.717) is 47.7 Å². The number of esters is 1. The summed E-state index contributed by atoms with van der Waals surface area (Å²) in [5, 5.41) is 9.82. The molecular weight excluding hydrogens is 1470 g/mol. The van der Waals surface area contributed by atoms with Gasteiger partial charge in [-0.05, 0) is 176 Å². The molecule has 15 heteroatoms. The molecule has 0 amide bonds. The number of benzene rings is 14. The van der Waals surface area contributed by atoms with E-state index in [1.54, 1.807) is 7.11 Å². The highest BCUT2D eigenvalue weighted by atomic mass is 16.7. The lowest BCUT2D eigenvalue weighted by Crippen LogP contribution is -2.31. The summed E-state index contributed by atoms with van der Waals surface area (Å²) in [6, 6.07) is 95.6. The molecule has 0 N–H and O–H groups in total. The highest BCUT2D eigenvalue weighted by molar-refractivity contribution is 6.12. The van der Waals surface area contributed by atoms with Crippen LogP contribution in [0.2, 0.25) is 0 Å². The zero-order chi connectivity index (χ0) is 79.4. The van der Waals surface area contributed by atoms with Crippen LogP contribution in [0.3, 0.4) is 0 Å². The number of fused-ring (bicyclic) bond motifs is 9. The van der Waals surface area contributed by atoms with Crippen LogP contribution in [0.25, 0.3) is 109 Å². The summed E-state index contributed by atoms with van der Waals surface area (Å²) in [5.41, 5.74) is 14.0. The van der Waals surface area contributed by atoms with Gasteiger partial charge in [-0.15, -0.1) is 0 Å². The van der Waals surface area contributed by atoms with Crippen molar-refractivity contribution >= 4 is 72.1 Å². The van der Waals surface area contributed by atoms with E-state index in [1.807, 2.05) is 127 Å². The van der Waals surface area contributed by atoms with Gasteiger partial charge in [0.15, 0.2) is 0 Å². The lowest BCUT2D eigenvalue weighted by molar-refractivity contribution is -0.141. The zero-order valence-corrected chi connectivity index (χ0v) is 64.8. The molecule has 2 atom stereocenters. The molecule has 117 heavy (non-hydrogen) atoms. The van der Waals surface area contributed by atoms with Gasteiger partial charge in [0.05, 0.1) is 12.0 Å². The van der Waals surface area contributed by atoms with Gasteiger partial charge in [0.25, 0.3) is 0 Å². The Kier molecular flexibility index (Phi) is 22.6. The van der Waals surface area contributed by atoms with Crippen LogP contribution in [0.15, 0.2) is 327 Å². The van der Waals surface area contributed by atoms with Crippen LogP contribution in [-0.2, 0) is 43.4 Å². The minimum atomic E-state index is -0.876. The highest BCUT2D eigenvalue weighted by Crippen LogP contribution is 2.58. The van der Waals surface area contributed by atoms with Crippen LogP contribution in [0.4, 0.5) is 9.59 Å². The monoisotopic (exact) mass is 1550 g/mol. The van der Waals surface area contributed by atoms with E-state index in [9.17, 15) is 14.4 Å². The Morgan fingerprint density at radius 1 is 0.316 bits per heavy atom. The molecule has 0 aromatic heterocycles. The molecule has 0 bridgehead atoms. The van der Waals surface area contributed by atoms with Crippen LogP contribution in [-0.4, -0.2) is 105 Å². The molecule has 0 spiro atoms. The summed E-state index contributed by atoms with van der Waals surface area (Å²) in [7, 11) is 1.65. The maximum Gasteiger partial charge on any atom is 0.508 e. The molecule has 14 aromatic rings. The third-order valence-corrected chi connectivity index (χ3v) is 21.7. The van der Waals surface area contributed by atoms with E-state index < -0.39 is 17.7 Å². The summed E-state index contributed by atoms with van der Waals surface area (Å²) in [4.78, 5) is 38.1. The first kappa shape index (κ1) is 75.8. The SMILES string of the molecule is COCCOc1ccc2ccccc2c1-c1c(OCCOC(=O)OCCOc2ccc3cc(-c4ccccc4)ccc3c2-c2c(OCCOC(=O)OCCOC3=CC4C=CC(C5(c6ccc7cc(OCCOC(C)=O)ccc7c6)c6ccccc6-c6ccccc65)=CC4C=C3)ccc3cc(-c4ccccc4)ccc23)ccc2ccccc12. The summed E-state index contributed by atoms with van der Waals surface area (Å²) < 4.78 is 71.5. The number of rotatable bonds is 30. The summed E-state index contributed by atoms with van der Waals surface area (Å²) in [6.07, 6.45) is 11.5. The van der Waals surface area contributed by atoms with Crippen molar-refractivity contribution in [3.8, 4) is 84.4 Å². The maximum atomic E-state index is 13.4. The van der Waals surface area contributed by atoms with Crippen LogP contribution in [0.1, 0.15) is 23.6 Å². The molecule has 0 aliphatic heterocycles. The van der Waals surface area contributed by atoms with Crippen LogP contribution in [0.5, 0.6) is 28.7 Å². The number of carbonyl (C=O) groups excluding carboxylic acids is 3. The van der Waals surface area contributed by atoms with Gasteiger partial charge in [-0.1, -0.05) is 249 Å². The Morgan fingerprint density at radius 3 is 1.25 bits per heavy atom. The van der Waals surface area contributed by atoms with Gasteiger partial charge < -0.3 is 56.8 Å². The molecule has 0 fully saturated rings. The van der Waals surface area contributed by atoms with E-state index in [-0.39, 0.29) is 83.9 Å². The van der Waals surface area contributed by atoms with Gasteiger partial charge >= 0.3 is 18.3 Å². The molecule has 2 unspecified atom stereocenters. The van der Waals surface area contributed by atoms with Gasteiger partial charge in [-0.2, -0.15) is 0 Å². The van der Waals surface area contributed by atoms with E-state index >= 15 is 0 Å². The molecule has 0 heterocycles. The molecule has 0 radical (unpaired) electrons. The third-order valence-electron chi connectivity index (χ3n) is 21.7. The predicted octanol–water partition coefficient (Wildman–Crippen LogP) is 22.4. The average molecular weight is 1550 g/mol. The van der Waals surface area contributed by atoms with Gasteiger partial charge in [0.1, 0.15) is 107 Å². The first-order valence-corrected chi connectivity index (χ1v) is 39.4. The maximum absolute atomic E-state index is 13.4. The number of allylic oxidation sites excluding steroid dienone is 7. The van der Waals surface area contributed by atoms with Crippen molar-refractivity contribution in [3.05, 3.63) is 344 Å². The number of methoxy groups -OCH3 is 1. The van der Waals surface area contributed by atoms with Crippen molar-refractivity contribution < 1.29 is 71.2 Å². The van der Waals surface area contributed by atoms with Gasteiger partial charge in [0.2, 0.25) is 0 Å². The van der Waals surface area contributed by atoms with Crippen LogP contribution in [0, 0.1) is 11.8 Å². The van der Waals surface area contributed by atoms with Gasteiger partial charge in [-0.3, -0.25) is 4.79 Å². The van der Waals surface area contributed by atoms with E-state index in [0.717, 1.165) is 104 Å². The lowest BCUT2D eigenvalue weighted by Gasteiger charge is -2.38. The zero-order valence-electron chi connectivity index (χ0n) is 64.8. The van der Waals surface area contributed by atoms with Gasteiger partial charge in [-0.25, -0.2) is 9.59 Å². The Labute approximate surface area is 678 Å². The second-order valence-corrected chi connectivity index (χ2v) is 28.7. The standard InChI is InChI=1S/C102H84O15/c1-67(103)107-51-52-108-82-41-31-74-63-80(39-29-76(74)65-82)102(90-27-15-13-25-88(90)89-26-14-16-28-91(89)102)81-40-30-77-66-83(42-32-75(77)64-81)109-53-57-114-100(104)115-59-55-112-94-47-37-78-61-72(68-17-5-3-6-18-68)33-43-86(78)98(94)99-87-44-34-73(69-19-7-4-8-20-69)62-79(87)38-48-95(99)113-56-60-117-101(105)116-58-54-111-93-46-36-71-22-10-12-24-85(71)97(93)96-84-23-11-9-21-70(84)35-45-92(96)110-50-49-106-2/h3-48,61-66,75,77H,49-60H2,1-2H3. The first-order valence-electron chi connectivity index (χ1n) is 39.4. The normalized spacial score (nSPS) is 14.2. The average Bonchev–Trinajstić information content (AvgIpc) is 1.54. The second-order valence-electron chi connectivity index (χ2n) is 28.7. The Bertz CT molecular complexity index is 6140. The van der Waals surface area contributed by atoms with Crippen molar-refractivity contribution in [2.24, 2.45) is 11.8 Å². The number of hydrogen-bond acceptors (Lipinski definition) is 15. The van der Waals surface area contributed by atoms with Crippen molar-refractivity contribution in [2.75, 3.05) is 86.4 Å². The van der Waals surface area contributed by atoms with Gasteiger partial charge in [0, 0.05) is 48.1 Å². The summed E-state index contributed by atoms with van der Waals surface area (Å²) >= 11 is 0. The molecule has 3 aliphatic rings. The Morgan fingerprint density at radius 2 is 0.726 bits per heavy atom. The quantitative estimate of drug-likeness (QED) is 0.0237. The topological polar surface area (TPSA) is 162 Å². The summed E-state index contributed by atoms with van der Waals surface area (Å²) in [6.45, 7) is 2.29. The largest absolute Gasteiger partial charge is 0.508 e. The minimum absolute atomic E-state index is 0.0159. The van der Waals surface area contributed by atoms with Crippen molar-refractivity contribution in [2.45, 2.75) is 12.3 Å². The van der Waals surface area contributed by atoms with Crippen molar-refractivity contribution in [1.29, 1.82) is 0 Å². The Balaban J connectivity index is 0.557. The number of hydrogen-bond donors (Lipinski definition) is 0. The molecule has 582 valence electrons. The molecule has 15 nitrogen and oxygen atoms in total. The van der Waals surface area contributed by atoms with Crippen molar-refractivity contribution in [3.63, 3.8) is 0 Å². The van der Waals surface area contributed by atoms with Crippen LogP contribution < -0.4 is 23.7 Å². The van der Waals surface area contributed by atoms with E-state index in [1.165, 1.54) is 34.8 Å². The number of carbonyl (C=O) groups is 3. The predicted molar refractivity (Wildman–Crippen MR) is 458 cm³/mol. The second kappa shape index (κ2) is 34.8. The fourth-order valence-corrected chi connectivity index (χ4v) is 16.5. The molecule has 3 aliphatic carbocycles. The smallest absolute Gasteiger partial charge is 0.491 e. The van der Waals surface area contributed by atoms with E-state index in [4.69, 9.17) is 56.8 Å². The molecule has 14 aromatic carbocycles. The molecule has 0 saturated heterocycles. The van der Waals surface area contributed by atoms with Crippen molar-refractivity contribution in [1.82, 2.24) is 0 Å². The molecule has 17 rings (SSSR count). The Hall–Kier alpha value is -13.9. The summed E-state index contributed by atoms with van der Waals surface area (Å²) in [5.74, 6) is 3.42. The number of ether oxygens (including phenoxy) is 12. The minimum Gasteiger partial charge on any atom is -0.491 e. The fourth-order valence-electron chi connectivity index (χ4n) is 16.5. The highest BCUT2D eigenvalue weighted by Gasteiger charge is 2.48. The first-order chi connectivity index (χ1) is 57.6. The van der Waals surface area contributed by atoms with Crippen LogP contribution >= 0.6 is 0 Å². The molecule has 0 saturated carbocycles.